The number of hydrogen-bond acceptors (Lipinski definition) is 3. The fraction of sp³-hybridized carbons (Fsp3) is 0.647. The summed E-state index contributed by atoms with van der Waals surface area (Å²) < 4.78 is 0. The topological polar surface area (TPSA) is 27.3 Å². The highest BCUT2D eigenvalue weighted by Crippen LogP contribution is 2.32. The molecule has 3 nitrogen and oxygen atoms in total. The molecule has 0 aromatic heterocycles. The molecule has 2 heterocycles. The molecular weight excluding hydrogens is 246 g/mol. The summed E-state index contributed by atoms with van der Waals surface area (Å²) in [7, 11) is 0. The number of hydrazine groups is 1. The molecule has 1 atom stereocenters. The lowest BCUT2D eigenvalue weighted by molar-refractivity contribution is 0.106. The minimum Gasteiger partial charge on any atom is -0.318 e. The van der Waals surface area contributed by atoms with E-state index in [1.54, 1.807) is 0 Å². The molecule has 2 aliphatic heterocycles. The lowest BCUT2D eigenvalue weighted by atomic mass is 9.92. The van der Waals surface area contributed by atoms with E-state index in [0.29, 0.717) is 6.04 Å². The average Bonchev–Trinajstić information content (AvgIpc) is 2.95. The Morgan fingerprint density at radius 3 is 2.80 bits per heavy atom. The smallest absolute Gasteiger partial charge is 0.0538 e. The van der Waals surface area contributed by atoms with Crippen LogP contribution in [-0.4, -0.2) is 23.6 Å². The van der Waals surface area contributed by atoms with E-state index in [9.17, 15) is 0 Å². The normalized spacial score (nSPS) is 26.6. The first kappa shape index (κ1) is 13.9. The maximum absolute atomic E-state index is 3.71. The quantitative estimate of drug-likeness (QED) is 0.879. The second kappa shape index (κ2) is 5.74. The van der Waals surface area contributed by atoms with Crippen molar-refractivity contribution in [2.75, 3.05) is 18.5 Å². The van der Waals surface area contributed by atoms with Crippen LogP contribution in [0.3, 0.4) is 0 Å². The van der Waals surface area contributed by atoms with Crippen molar-refractivity contribution in [3.63, 3.8) is 0 Å². The summed E-state index contributed by atoms with van der Waals surface area (Å²) in [4.78, 5) is 0. The number of benzene rings is 1. The van der Waals surface area contributed by atoms with Gasteiger partial charge >= 0.3 is 0 Å². The number of rotatable bonds is 3. The predicted octanol–water partition coefficient (Wildman–Crippen LogP) is 3.70. The Labute approximate surface area is 122 Å². The van der Waals surface area contributed by atoms with Crippen molar-refractivity contribution < 1.29 is 0 Å². The monoisotopic (exact) mass is 273 g/mol. The summed E-state index contributed by atoms with van der Waals surface area (Å²) in [5, 5.41) is 6.05. The van der Waals surface area contributed by atoms with Gasteiger partial charge in [0.15, 0.2) is 0 Å². The lowest BCUT2D eigenvalue weighted by Crippen LogP contribution is -2.50. The molecule has 2 aliphatic rings. The van der Waals surface area contributed by atoms with E-state index in [4.69, 9.17) is 0 Å². The van der Waals surface area contributed by atoms with Crippen LogP contribution in [0.4, 0.5) is 5.69 Å². The number of para-hydroxylation sites is 1. The summed E-state index contributed by atoms with van der Waals surface area (Å²) in [6.45, 7) is 6.97. The van der Waals surface area contributed by atoms with Crippen LogP contribution in [0.25, 0.3) is 0 Å². The van der Waals surface area contributed by atoms with Gasteiger partial charge in [0.1, 0.15) is 0 Å². The van der Waals surface area contributed by atoms with Gasteiger partial charge in [-0.3, -0.25) is 0 Å². The zero-order chi connectivity index (χ0) is 14.0. The van der Waals surface area contributed by atoms with E-state index < -0.39 is 0 Å². The second-order valence-electron chi connectivity index (χ2n) is 6.77. The van der Waals surface area contributed by atoms with Gasteiger partial charge in [-0.2, -0.15) is 0 Å². The molecule has 3 heteroatoms. The first-order valence-electron chi connectivity index (χ1n) is 8.03. The van der Waals surface area contributed by atoms with E-state index >= 15 is 0 Å². The van der Waals surface area contributed by atoms with E-state index in [1.807, 2.05) is 0 Å². The molecule has 2 fully saturated rings. The third-order valence-electron chi connectivity index (χ3n) is 4.80. The zero-order valence-corrected chi connectivity index (χ0v) is 12.8. The summed E-state index contributed by atoms with van der Waals surface area (Å²) in [5.74, 6) is 0. The number of nitrogens with one attached hydrogen (secondary N) is 2. The van der Waals surface area contributed by atoms with Crippen LogP contribution in [-0.2, 0) is 0 Å². The van der Waals surface area contributed by atoms with Crippen molar-refractivity contribution >= 4 is 5.69 Å². The van der Waals surface area contributed by atoms with Crippen molar-refractivity contribution in [2.45, 2.75) is 57.5 Å². The largest absolute Gasteiger partial charge is 0.318 e. The third kappa shape index (κ3) is 2.84. The zero-order valence-electron chi connectivity index (χ0n) is 12.8. The lowest BCUT2D eigenvalue weighted by Gasteiger charge is -2.43. The van der Waals surface area contributed by atoms with Crippen LogP contribution in [0.5, 0.6) is 0 Å². The maximum Gasteiger partial charge on any atom is 0.0538 e. The predicted molar refractivity (Wildman–Crippen MR) is 84.7 cm³/mol. The van der Waals surface area contributed by atoms with Crippen LogP contribution in [0, 0.1) is 0 Å². The standard InChI is InChI=1S/C17H27N3/c1-17(2)11-5-6-13-20(17)19-16-9-4-3-8-14(16)15-10-7-12-18-15/h3-4,8-9,15,18-19H,5-7,10-13H2,1-2H3. The molecule has 110 valence electrons. The second-order valence-corrected chi connectivity index (χ2v) is 6.77. The van der Waals surface area contributed by atoms with Crippen LogP contribution in [0.1, 0.15) is 57.6 Å². The summed E-state index contributed by atoms with van der Waals surface area (Å²) in [6.07, 6.45) is 6.44. The van der Waals surface area contributed by atoms with Crippen LogP contribution in [0.2, 0.25) is 0 Å². The van der Waals surface area contributed by atoms with Gasteiger partial charge in [0.2, 0.25) is 0 Å². The van der Waals surface area contributed by atoms with Gasteiger partial charge in [-0.25, -0.2) is 5.01 Å². The molecule has 1 aromatic rings. The summed E-state index contributed by atoms with van der Waals surface area (Å²) in [5.41, 5.74) is 6.66. The molecule has 20 heavy (non-hydrogen) atoms. The molecule has 0 saturated carbocycles. The van der Waals surface area contributed by atoms with Crippen molar-refractivity contribution in [3.05, 3.63) is 29.8 Å². The highest BCUT2D eigenvalue weighted by Gasteiger charge is 2.30. The minimum absolute atomic E-state index is 0.245. The highest BCUT2D eigenvalue weighted by molar-refractivity contribution is 5.52. The Morgan fingerprint density at radius 1 is 1.20 bits per heavy atom. The molecule has 2 saturated heterocycles. The van der Waals surface area contributed by atoms with Crippen molar-refractivity contribution in [3.8, 4) is 0 Å². The van der Waals surface area contributed by atoms with Crippen LogP contribution in [0.15, 0.2) is 24.3 Å². The summed E-state index contributed by atoms with van der Waals surface area (Å²) in [6, 6.07) is 9.30. The molecule has 1 aromatic carbocycles. The molecule has 0 bridgehead atoms. The fourth-order valence-corrected chi connectivity index (χ4v) is 3.47. The maximum atomic E-state index is 3.71. The number of nitrogens with zero attached hydrogens (tertiary/aromatic N) is 1. The number of anilines is 1. The van der Waals surface area contributed by atoms with E-state index in [0.717, 1.165) is 13.1 Å². The van der Waals surface area contributed by atoms with Gasteiger partial charge in [-0.1, -0.05) is 24.6 Å². The van der Waals surface area contributed by atoms with Gasteiger partial charge in [0, 0.05) is 18.1 Å². The fourth-order valence-electron chi connectivity index (χ4n) is 3.47. The Bertz CT molecular complexity index is 449. The Balaban J connectivity index is 1.79. The van der Waals surface area contributed by atoms with Gasteiger partial charge in [-0.05, 0) is 57.7 Å². The Morgan fingerprint density at radius 2 is 2.05 bits per heavy atom. The molecular formula is C17H27N3. The SMILES string of the molecule is CC1(C)CCCCN1Nc1ccccc1C1CCCN1. The van der Waals surface area contributed by atoms with Crippen LogP contribution >= 0.6 is 0 Å². The van der Waals surface area contributed by atoms with E-state index in [2.05, 4.69) is 53.9 Å². The first-order valence-corrected chi connectivity index (χ1v) is 8.03. The molecule has 0 spiro atoms. The minimum atomic E-state index is 0.245. The first-order chi connectivity index (χ1) is 9.67. The molecule has 0 radical (unpaired) electrons. The molecule has 0 aliphatic carbocycles. The molecule has 2 N–H and O–H groups in total. The van der Waals surface area contributed by atoms with E-state index in [-0.39, 0.29) is 5.54 Å². The highest BCUT2D eigenvalue weighted by atomic mass is 15.5. The van der Waals surface area contributed by atoms with Crippen molar-refractivity contribution in [2.24, 2.45) is 0 Å². The molecule has 3 rings (SSSR count). The van der Waals surface area contributed by atoms with Gasteiger partial charge in [0.25, 0.3) is 0 Å². The third-order valence-corrected chi connectivity index (χ3v) is 4.80. The average molecular weight is 273 g/mol. The van der Waals surface area contributed by atoms with Gasteiger partial charge in [0.05, 0.1) is 5.69 Å². The molecule has 0 amide bonds. The van der Waals surface area contributed by atoms with Crippen LogP contribution < -0.4 is 10.7 Å². The summed E-state index contributed by atoms with van der Waals surface area (Å²) >= 11 is 0. The van der Waals surface area contributed by atoms with E-state index in [1.165, 1.54) is 43.4 Å². The Kier molecular flexibility index (Phi) is 3.99. The number of piperidine rings is 1. The van der Waals surface area contributed by atoms with Crippen molar-refractivity contribution in [1.82, 2.24) is 10.3 Å². The van der Waals surface area contributed by atoms with Gasteiger partial charge < -0.3 is 10.7 Å². The molecule has 1 unspecified atom stereocenters. The van der Waals surface area contributed by atoms with Gasteiger partial charge in [-0.15, -0.1) is 0 Å². The number of hydrogen-bond donors (Lipinski definition) is 2. The Hall–Kier alpha value is -1.06. The van der Waals surface area contributed by atoms with Crippen molar-refractivity contribution in [1.29, 1.82) is 0 Å².